The number of carbonyl (C=O) groups is 1. The van der Waals surface area contributed by atoms with E-state index in [1.165, 1.54) is 16.7 Å². The van der Waals surface area contributed by atoms with Crippen LogP contribution in [0.4, 0.5) is 18.9 Å². The van der Waals surface area contributed by atoms with Crippen LogP contribution in [0.2, 0.25) is 0 Å². The Morgan fingerprint density at radius 2 is 1.94 bits per heavy atom. The molecule has 4 rings (SSSR count). The molecule has 0 aliphatic heterocycles. The van der Waals surface area contributed by atoms with Gasteiger partial charge < -0.3 is 0 Å². The third-order valence-electron chi connectivity index (χ3n) is 4.66. The molecule has 0 fully saturated rings. The van der Waals surface area contributed by atoms with Gasteiger partial charge in [-0.3, -0.25) is 29.4 Å². The summed E-state index contributed by atoms with van der Waals surface area (Å²) < 4.78 is 41.6. The molecule has 0 bridgehead atoms. The summed E-state index contributed by atoms with van der Waals surface area (Å²) in [5.74, 6) is -0.275. The smallest absolute Gasteiger partial charge is 0.299 e. The maximum atomic E-state index is 12.8. The largest absolute Gasteiger partial charge is 0.416 e. The van der Waals surface area contributed by atoms with Crippen LogP contribution in [0, 0.1) is 0 Å². The summed E-state index contributed by atoms with van der Waals surface area (Å²) >= 11 is 1.07. The summed E-state index contributed by atoms with van der Waals surface area (Å²) in [5.41, 5.74) is 4.46. The first-order valence-corrected chi connectivity index (χ1v) is 10.6. The van der Waals surface area contributed by atoms with Crippen LogP contribution in [0.5, 0.6) is 0 Å². The molecule has 0 aliphatic rings. The second kappa shape index (κ2) is 8.98. The number of rotatable bonds is 7. The van der Waals surface area contributed by atoms with Crippen molar-refractivity contribution in [3.05, 3.63) is 77.1 Å². The summed E-state index contributed by atoms with van der Waals surface area (Å²) in [6, 6.07) is 11.4. The van der Waals surface area contributed by atoms with Crippen LogP contribution in [0.15, 0.2) is 71.1 Å². The van der Waals surface area contributed by atoms with Gasteiger partial charge in [0, 0.05) is 6.54 Å². The number of nitrogens with zero attached hydrogens (tertiary/aromatic N) is 4. The molecule has 4 aromatic rings. The Morgan fingerprint density at radius 3 is 2.70 bits per heavy atom. The van der Waals surface area contributed by atoms with Crippen LogP contribution < -0.4 is 16.4 Å². The van der Waals surface area contributed by atoms with Crippen LogP contribution in [-0.2, 0) is 17.5 Å². The van der Waals surface area contributed by atoms with Crippen LogP contribution >= 0.6 is 11.8 Å². The van der Waals surface area contributed by atoms with E-state index >= 15 is 0 Å². The molecule has 8 nitrogen and oxygen atoms in total. The second-order valence-electron chi connectivity index (χ2n) is 6.88. The molecule has 0 unspecified atom stereocenters. The Labute approximate surface area is 189 Å². The minimum absolute atomic E-state index is 0.0931. The molecule has 0 aliphatic carbocycles. The van der Waals surface area contributed by atoms with Gasteiger partial charge in [0.1, 0.15) is 0 Å². The average molecular weight is 474 g/mol. The molecule has 170 valence electrons. The van der Waals surface area contributed by atoms with Crippen molar-refractivity contribution in [3.8, 4) is 0 Å². The van der Waals surface area contributed by atoms with Crippen LogP contribution in [0.3, 0.4) is 0 Å². The van der Waals surface area contributed by atoms with E-state index in [1.807, 2.05) is 0 Å². The number of alkyl halides is 3. The standard InChI is InChI=1S/C21H17F3N6O2S/c1-2-10-29-18(32)15-8-3-4-9-16(15)30-19(29)27-28-20(30)33-12-17(31)26-25-14-7-5-6-13(11-14)21(22,23)24/h2-9,11,25H,1,10,12H2,(H,26,31). The molecule has 1 amide bonds. The van der Waals surface area contributed by atoms with E-state index in [-0.39, 0.29) is 23.5 Å². The minimum Gasteiger partial charge on any atom is -0.299 e. The zero-order valence-corrected chi connectivity index (χ0v) is 17.8. The lowest BCUT2D eigenvalue weighted by molar-refractivity contribution is -0.137. The summed E-state index contributed by atoms with van der Waals surface area (Å²) in [5, 5.41) is 9.07. The van der Waals surface area contributed by atoms with Crippen LogP contribution in [-0.4, -0.2) is 30.8 Å². The normalized spacial score (nSPS) is 11.6. The lowest BCUT2D eigenvalue weighted by Crippen LogP contribution is -2.31. The van der Waals surface area contributed by atoms with Crippen molar-refractivity contribution in [2.24, 2.45) is 0 Å². The van der Waals surface area contributed by atoms with Crippen molar-refractivity contribution in [2.75, 3.05) is 11.2 Å². The highest BCUT2D eigenvalue weighted by Crippen LogP contribution is 2.30. The molecule has 0 saturated carbocycles. The zero-order valence-electron chi connectivity index (χ0n) is 17.0. The van der Waals surface area contributed by atoms with Crippen LogP contribution in [0.25, 0.3) is 16.7 Å². The molecule has 33 heavy (non-hydrogen) atoms. The molecule has 2 aromatic heterocycles. The van der Waals surface area contributed by atoms with E-state index in [0.717, 1.165) is 23.9 Å². The number of benzene rings is 2. The molecule has 2 N–H and O–H groups in total. The van der Waals surface area contributed by atoms with Gasteiger partial charge in [0.15, 0.2) is 5.16 Å². The molecule has 0 saturated heterocycles. The van der Waals surface area contributed by atoms with Crippen molar-refractivity contribution < 1.29 is 18.0 Å². The van der Waals surface area contributed by atoms with Crippen LogP contribution in [0.1, 0.15) is 5.56 Å². The van der Waals surface area contributed by atoms with Gasteiger partial charge in [0.25, 0.3) is 5.56 Å². The molecular weight excluding hydrogens is 457 g/mol. The monoisotopic (exact) mass is 474 g/mol. The molecule has 0 radical (unpaired) electrons. The van der Waals surface area contributed by atoms with Crippen molar-refractivity contribution in [1.29, 1.82) is 0 Å². The fourth-order valence-electron chi connectivity index (χ4n) is 3.20. The van der Waals surface area contributed by atoms with E-state index in [4.69, 9.17) is 0 Å². The van der Waals surface area contributed by atoms with E-state index < -0.39 is 17.6 Å². The number of para-hydroxylation sites is 1. The van der Waals surface area contributed by atoms with Gasteiger partial charge in [-0.1, -0.05) is 36.0 Å². The predicted octanol–water partition coefficient (Wildman–Crippen LogP) is 3.48. The number of aromatic nitrogens is 4. The lowest BCUT2D eigenvalue weighted by atomic mass is 10.2. The Hall–Kier alpha value is -3.80. The zero-order chi connectivity index (χ0) is 23.6. The molecule has 2 aromatic carbocycles. The van der Waals surface area contributed by atoms with Gasteiger partial charge >= 0.3 is 6.18 Å². The highest BCUT2D eigenvalue weighted by molar-refractivity contribution is 7.99. The molecule has 2 heterocycles. The lowest BCUT2D eigenvalue weighted by Gasteiger charge is -2.11. The first-order valence-electron chi connectivity index (χ1n) is 9.62. The molecule has 12 heteroatoms. The summed E-state index contributed by atoms with van der Waals surface area (Å²) in [6.07, 6.45) is -2.91. The van der Waals surface area contributed by atoms with Crippen molar-refractivity contribution in [3.63, 3.8) is 0 Å². The topological polar surface area (TPSA) is 93.3 Å². The quantitative estimate of drug-likeness (QED) is 0.242. The number of hydrazine groups is 1. The van der Waals surface area contributed by atoms with Gasteiger partial charge in [-0.15, -0.1) is 16.8 Å². The number of amides is 1. The van der Waals surface area contributed by atoms with Crippen molar-refractivity contribution in [2.45, 2.75) is 17.9 Å². The van der Waals surface area contributed by atoms with Gasteiger partial charge in [-0.05, 0) is 30.3 Å². The van der Waals surface area contributed by atoms with Crippen molar-refractivity contribution >= 4 is 40.0 Å². The number of anilines is 1. The maximum Gasteiger partial charge on any atom is 0.416 e. The fraction of sp³-hybridized carbons (Fsp3) is 0.143. The Balaban J connectivity index is 1.53. The SMILES string of the molecule is C=CCn1c(=O)c2ccccc2n2c(SCC(=O)NNc3cccc(C(F)(F)F)c3)nnc12. The van der Waals surface area contributed by atoms with E-state index in [0.29, 0.717) is 21.8 Å². The van der Waals surface area contributed by atoms with Crippen molar-refractivity contribution in [1.82, 2.24) is 24.6 Å². The fourth-order valence-corrected chi connectivity index (χ4v) is 3.94. The Morgan fingerprint density at radius 1 is 1.15 bits per heavy atom. The van der Waals surface area contributed by atoms with Gasteiger partial charge in [-0.25, -0.2) is 0 Å². The number of thioether (sulfide) groups is 1. The first kappa shape index (κ1) is 22.4. The van der Waals surface area contributed by atoms with E-state index in [1.54, 1.807) is 34.7 Å². The second-order valence-corrected chi connectivity index (χ2v) is 7.82. The Kier molecular flexibility index (Phi) is 6.09. The average Bonchev–Trinajstić information content (AvgIpc) is 3.22. The van der Waals surface area contributed by atoms with Gasteiger partial charge in [-0.2, -0.15) is 13.2 Å². The van der Waals surface area contributed by atoms with Gasteiger partial charge in [0.05, 0.1) is 27.9 Å². The number of halogens is 3. The highest BCUT2D eigenvalue weighted by atomic mass is 32.2. The molecular formula is C21H17F3N6O2S. The number of fused-ring (bicyclic) bond motifs is 3. The third-order valence-corrected chi connectivity index (χ3v) is 5.59. The number of nitrogens with one attached hydrogen (secondary N) is 2. The maximum absolute atomic E-state index is 12.8. The minimum atomic E-state index is -4.48. The Bertz CT molecular complexity index is 1410. The highest BCUT2D eigenvalue weighted by Gasteiger charge is 2.30. The first-order chi connectivity index (χ1) is 15.8. The van der Waals surface area contributed by atoms with E-state index in [9.17, 15) is 22.8 Å². The molecule has 0 atom stereocenters. The number of hydrogen-bond donors (Lipinski definition) is 2. The van der Waals surface area contributed by atoms with Gasteiger partial charge in [0.2, 0.25) is 11.7 Å². The van der Waals surface area contributed by atoms with E-state index in [2.05, 4.69) is 27.6 Å². The number of hydrogen-bond acceptors (Lipinski definition) is 6. The predicted molar refractivity (Wildman–Crippen MR) is 119 cm³/mol. The third kappa shape index (κ3) is 4.55. The molecule has 0 spiro atoms. The number of carbonyl (C=O) groups excluding carboxylic acids is 1. The summed E-state index contributed by atoms with van der Waals surface area (Å²) in [4.78, 5) is 25.1. The summed E-state index contributed by atoms with van der Waals surface area (Å²) in [6.45, 7) is 3.90. The summed E-state index contributed by atoms with van der Waals surface area (Å²) in [7, 11) is 0. The number of allylic oxidation sites excluding steroid dienone is 1.